The number of rotatable bonds is 6. The van der Waals surface area contributed by atoms with Gasteiger partial charge in [0, 0.05) is 17.8 Å². The number of aryl methyl sites for hydroxylation is 1. The smallest absolute Gasteiger partial charge is 0.260 e. The molecule has 0 aliphatic heterocycles. The van der Waals surface area contributed by atoms with E-state index in [1.54, 1.807) is 13.0 Å². The van der Waals surface area contributed by atoms with Gasteiger partial charge in [-0.25, -0.2) is 0 Å². The van der Waals surface area contributed by atoms with E-state index in [1.807, 2.05) is 19.1 Å². The molecule has 4 nitrogen and oxygen atoms in total. The lowest BCUT2D eigenvalue weighted by molar-refractivity contribution is -0.128. The zero-order valence-electron chi connectivity index (χ0n) is 12.2. The summed E-state index contributed by atoms with van der Waals surface area (Å²) in [7, 11) is 0. The Morgan fingerprint density at radius 2 is 2.00 bits per heavy atom. The van der Waals surface area contributed by atoms with E-state index in [1.165, 1.54) is 0 Å². The second-order valence-electron chi connectivity index (χ2n) is 4.81. The predicted octanol–water partition coefficient (Wildman–Crippen LogP) is 2.65. The zero-order chi connectivity index (χ0) is 14.4. The lowest BCUT2D eigenvalue weighted by Gasteiger charge is -2.20. The van der Waals surface area contributed by atoms with E-state index in [2.05, 4.69) is 19.2 Å². The molecule has 1 atom stereocenters. The maximum Gasteiger partial charge on any atom is 0.260 e. The molecule has 0 saturated carbocycles. The number of carbonyl (C=O) groups is 1. The van der Waals surface area contributed by atoms with Crippen LogP contribution in [0.2, 0.25) is 0 Å². The third-order valence-electron chi connectivity index (χ3n) is 3.22. The van der Waals surface area contributed by atoms with Crippen molar-refractivity contribution in [1.82, 2.24) is 5.32 Å². The molecule has 19 heavy (non-hydrogen) atoms. The van der Waals surface area contributed by atoms with Crippen molar-refractivity contribution in [1.29, 1.82) is 0 Å². The molecule has 1 amide bonds. The summed E-state index contributed by atoms with van der Waals surface area (Å²) in [6.45, 7) is 7.80. The molecule has 1 unspecified atom stereocenters. The highest BCUT2D eigenvalue weighted by molar-refractivity contribution is 5.81. The van der Waals surface area contributed by atoms with E-state index in [-0.39, 0.29) is 11.9 Å². The normalized spacial score (nSPS) is 12.3. The molecule has 1 aromatic carbocycles. The second kappa shape index (κ2) is 7.02. The average Bonchev–Trinajstić information content (AvgIpc) is 2.39. The van der Waals surface area contributed by atoms with Gasteiger partial charge in [0.15, 0.2) is 6.10 Å². The lowest BCUT2D eigenvalue weighted by atomic mass is 10.1. The van der Waals surface area contributed by atoms with Crippen LogP contribution in [0.25, 0.3) is 0 Å². The lowest BCUT2D eigenvalue weighted by Crippen LogP contribution is -2.42. The van der Waals surface area contributed by atoms with E-state index >= 15 is 0 Å². The minimum absolute atomic E-state index is 0.0875. The van der Waals surface area contributed by atoms with Gasteiger partial charge in [0.2, 0.25) is 0 Å². The van der Waals surface area contributed by atoms with Crippen LogP contribution >= 0.6 is 0 Å². The molecule has 106 valence electrons. The van der Waals surface area contributed by atoms with Gasteiger partial charge in [0.05, 0.1) is 0 Å². The summed E-state index contributed by atoms with van der Waals surface area (Å²) in [5.74, 6) is 0.572. The molecule has 0 fully saturated rings. The number of nitrogens with one attached hydrogen (secondary N) is 1. The van der Waals surface area contributed by atoms with Crippen LogP contribution < -0.4 is 15.8 Å². The van der Waals surface area contributed by atoms with Gasteiger partial charge < -0.3 is 15.8 Å². The maximum atomic E-state index is 12.0. The highest BCUT2D eigenvalue weighted by Gasteiger charge is 2.18. The van der Waals surface area contributed by atoms with Gasteiger partial charge in [-0.05, 0) is 38.3 Å². The number of nitrogen functional groups attached to an aromatic ring is 1. The van der Waals surface area contributed by atoms with Crippen LogP contribution in [0.3, 0.4) is 0 Å². The number of carbonyl (C=O) groups excluding carboxylic acids is 1. The second-order valence-corrected chi connectivity index (χ2v) is 4.81. The van der Waals surface area contributed by atoms with Crippen molar-refractivity contribution >= 4 is 11.6 Å². The van der Waals surface area contributed by atoms with Crippen molar-refractivity contribution in [2.24, 2.45) is 0 Å². The van der Waals surface area contributed by atoms with Gasteiger partial charge in [0.25, 0.3) is 5.91 Å². The minimum Gasteiger partial charge on any atom is -0.481 e. The predicted molar refractivity (Wildman–Crippen MR) is 78.2 cm³/mol. The molecular weight excluding hydrogens is 240 g/mol. The molecular formula is C15H24N2O2. The zero-order valence-corrected chi connectivity index (χ0v) is 12.2. The van der Waals surface area contributed by atoms with Crippen molar-refractivity contribution in [3.8, 4) is 5.75 Å². The van der Waals surface area contributed by atoms with Gasteiger partial charge in [-0.15, -0.1) is 0 Å². The molecule has 0 heterocycles. The van der Waals surface area contributed by atoms with Crippen LogP contribution in [0.1, 0.15) is 39.2 Å². The summed E-state index contributed by atoms with van der Waals surface area (Å²) in [5, 5.41) is 2.98. The van der Waals surface area contributed by atoms with E-state index < -0.39 is 6.10 Å². The number of amides is 1. The van der Waals surface area contributed by atoms with Crippen LogP contribution in [0, 0.1) is 6.92 Å². The molecule has 3 N–H and O–H groups in total. The molecule has 4 heteroatoms. The Bertz CT molecular complexity index is 428. The first-order chi connectivity index (χ1) is 8.97. The Kier molecular flexibility index (Phi) is 5.67. The van der Waals surface area contributed by atoms with Gasteiger partial charge in [-0.2, -0.15) is 0 Å². The van der Waals surface area contributed by atoms with Gasteiger partial charge in [-0.1, -0.05) is 19.9 Å². The monoisotopic (exact) mass is 264 g/mol. The number of benzene rings is 1. The van der Waals surface area contributed by atoms with E-state index in [4.69, 9.17) is 10.5 Å². The average molecular weight is 264 g/mol. The van der Waals surface area contributed by atoms with E-state index in [0.29, 0.717) is 11.4 Å². The van der Waals surface area contributed by atoms with Crippen LogP contribution in [0.15, 0.2) is 18.2 Å². The maximum absolute atomic E-state index is 12.0. The highest BCUT2D eigenvalue weighted by atomic mass is 16.5. The topological polar surface area (TPSA) is 64.3 Å². The summed E-state index contributed by atoms with van der Waals surface area (Å²) in [4.78, 5) is 12.0. The fraction of sp³-hybridized carbons (Fsp3) is 0.533. The molecule has 1 aromatic rings. The van der Waals surface area contributed by atoms with Gasteiger partial charge in [0.1, 0.15) is 5.75 Å². The number of hydrogen-bond donors (Lipinski definition) is 2. The number of ether oxygens (including phenoxy) is 1. The van der Waals surface area contributed by atoms with Crippen molar-refractivity contribution in [2.75, 3.05) is 5.73 Å². The standard InChI is InChI=1S/C15H24N2O2/c1-5-13(6-2)17-15(18)11(4)19-14-9-12(16)8-7-10(14)3/h7-9,11,13H,5-6,16H2,1-4H3,(H,17,18). The first-order valence-electron chi connectivity index (χ1n) is 6.81. The fourth-order valence-corrected chi connectivity index (χ4v) is 1.80. The van der Waals surface area contributed by atoms with Crippen LogP contribution in [0.5, 0.6) is 5.75 Å². The summed E-state index contributed by atoms with van der Waals surface area (Å²) in [6.07, 6.45) is 1.32. The molecule has 0 aliphatic rings. The Morgan fingerprint density at radius 1 is 1.37 bits per heavy atom. The van der Waals surface area contributed by atoms with Crippen molar-refractivity contribution in [3.05, 3.63) is 23.8 Å². The largest absolute Gasteiger partial charge is 0.481 e. The molecule has 0 aliphatic carbocycles. The van der Waals surface area contributed by atoms with Gasteiger partial charge in [-0.3, -0.25) is 4.79 Å². The fourth-order valence-electron chi connectivity index (χ4n) is 1.80. The number of hydrogen-bond acceptors (Lipinski definition) is 3. The summed E-state index contributed by atoms with van der Waals surface area (Å²) >= 11 is 0. The summed E-state index contributed by atoms with van der Waals surface area (Å²) < 4.78 is 5.69. The molecule has 0 spiro atoms. The minimum atomic E-state index is -0.527. The van der Waals surface area contributed by atoms with Crippen LogP contribution in [-0.2, 0) is 4.79 Å². The van der Waals surface area contributed by atoms with Crippen LogP contribution in [-0.4, -0.2) is 18.1 Å². The summed E-state index contributed by atoms with van der Waals surface area (Å²) in [5.41, 5.74) is 7.32. The Hall–Kier alpha value is -1.71. The molecule has 0 saturated heterocycles. The Morgan fingerprint density at radius 3 is 2.58 bits per heavy atom. The molecule has 0 radical (unpaired) electrons. The first kappa shape index (κ1) is 15.3. The number of anilines is 1. The van der Waals surface area contributed by atoms with Crippen LogP contribution in [0.4, 0.5) is 5.69 Å². The van der Waals surface area contributed by atoms with E-state index in [9.17, 15) is 4.79 Å². The quantitative estimate of drug-likeness (QED) is 0.776. The highest BCUT2D eigenvalue weighted by Crippen LogP contribution is 2.22. The third-order valence-corrected chi connectivity index (χ3v) is 3.22. The third kappa shape index (κ3) is 4.47. The van der Waals surface area contributed by atoms with Crippen molar-refractivity contribution in [2.45, 2.75) is 52.7 Å². The first-order valence-corrected chi connectivity index (χ1v) is 6.81. The van der Waals surface area contributed by atoms with Crippen molar-refractivity contribution in [3.63, 3.8) is 0 Å². The molecule has 1 rings (SSSR count). The van der Waals surface area contributed by atoms with Gasteiger partial charge >= 0.3 is 0 Å². The molecule has 0 bridgehead atoms. The van der Waals surface area contributed by atoms with E-state index in [0.717, 1.165) is 18.4 Å². The SMILES string of the molecule is CCC(CC)NC(=O)C(C)Oc1cc(N)ccc1C. The summed E-state index contributed by atoms with van der Waals surface area (Å²) in [6, 6.07) is 5.66. The Balaban J connectivity index is 2.65. The number of nitrogens with two attached hydrogens (primary N) is 1. The van der Waals surface area contributed by atoms with Crippen molar-refractivity contribution < 1.29 is 9.53 Å². The Labute approximate surface area is 115 Å². The molecule has 0 aromatic heterocycles.